The number of carbonyl (C=O) groups is 1. The highest BCUT2D eigenvalue weighted by atomic mass is 16.5. The second-order valence-corrected chi connectivity index (χ2v) is 5.23. The largest absolute Gasteiger partial charge is 0.495 e. The van der Waals surface area contributed by atoms with E-state index in [1.165, 1.54) is 7.11 Å². The van der Waals surface area contributed by atoms with Crippen LogP contribution in [0.4, 0.5) is 11.4 Å². The number of para-hydroxylation sites is 3. The van der Waals surface area contributed by atoms with Gasteiger partial charge in [0.05, 0.1) is 32.7 Å². The Balaban J connectivity index is 2.20. The molecule has 0 atom stereocenters. The molecule has 3 rings (SSSR count). The number of hydrogen-bond donors (Lipinski definition) is 1. The highest BCUT2D eigenvalue weighted by Crippen LogP contribution is 2.34. The van der Waals surface area contributed by atoms with E-state index in [1.807, 2.05) is 36.4 Å². The van der Waals surface area contributed by atoms with Crippen LogP contribution in [0.25, 0.3) is 10.9 Å². The molecule has 128 valence electrons. The van der Waals surface area contributed by atoms with Crippen molar-refractivity contribution >= 4 is 28.2 Å². The quantitative estimate of drug-likeness (QED) is 0.714. The molecule has 0 aliphatic heterocycles. The molecule has 0 saturated heterocycles. The first kappa shape index (κ1) is 16.6. The van der Waals surface area contributed by atoms with Gasteiger partial charge in [-0.1, -0.05) is 24.3 Å². The highest BCUT2D eigenvalue weighted by molar-refractivity contribution is 6.01. The van der Waals surface area contributed by atoms with Gasteiger partial charge in [0, 0.05) is 5.39 Å². The molecule has 6 heteroatoms. The van der Waals surface area contributed by atoms with E-state index in [0.29, 0.717) is 22.7 Å². The Labute approximate surface area is 145 Å². The Morgan fingerprint density at radius 1 is 0.920 bits per heavy atom. The smallest absolute Gasteiger partial charge is 0.356 e. The number of nitrogens with zero attached hydrogens (tertiary/aromatic N) is 1. The lowest BCUT2D eigenvalue weighted by Gasteiger charge is -2.15. The first-order valence-electron chi connectivity index (χ1n) is 7.64. The van der Waals surface area contributed by atoms with Gasteiger partial charge in [-0.05, 0) is 24.3 Å². The van der Waals surface area contributed by atoms with Gasteiger partial charge < -0.3 is 19.5 Å². The second-order valence-electron chi connectivity index (χ2n) is 5.23. The maximum atomic E-state index is 12.0. The molecule has 0 aliphatic carbocycles. The van der Waals surface area contributed by atoms with Gasteiger partial charge in [0.15, 0.2) is 5.69 Å². The number of anilines is 2. The SMILES string of the molecule is COC(=O)c1cc(Nc2ccccc2OC)c2cccc(OC)c2n1. The molecule has 0 radical (unpaired) electrons. The van der Waals surface area contributed by atoms with E-state index < -0.39 is 5.97 Å². The minimum atomic E-state index is -0.518. The minimum Gasteiger partial charge on any atom is -0.495 e. The molecule has 0 saturated carbocycles. The first-order valence-corrected chi connectivity index (χ1v) is 7.64. The number of benzene rings is 2. The summed E-state index contributed by atoms with van der Waals surface area (Å²) in [7, 11) is 4.49. The fraction of sp³-hybridized carbons (Fsp3) is 0.158. The number of carbonyl (C=O) groups excluding carboxylic acids is 1. The van der Waals surface area contributed by atoms with Crippen LogP contribution in [0.15, 0.2) is 48.5 Å². The summed E-state index contributed by atoms with van der Waals surface area (Å²) in [5.74, 6) is 0.747. The number of pyridine rings is 1. The van der Waals surface area contributed by atoms with Crippen LogP contribution in [0.2, 0.25) is 0 Å². The van der Waals surface area contributed by atoms with E-state index in [0.717, 1.165) is 11.1 Å². The zero-order valence-corrected chi connectivity index (χ0v) is 14.2. The molecule has 1 aromatic heterocycles. The molecule has 0 fully saturated rings. The molecular weight excluding hydrogens is 320 g/mol. The molecule has 1 heterocycles. The lowest BCUT2D eigenvalue weighted by atomic mass is 10.1. The molecule has 25 heavy (non-hydrogen) atoms. The van der Waals surface area contributed by atoms with Crippen molar-refractivity contribution in [2.75, 3.05) is 26.6 Å². The third-order valence-electron chi connectivity index (χ3n) is 3.79. The van der Waals surface area contributed by atoms with E-state index >= 15 is 0 Å². The number of rotatable bonds is 5. The highest BCUT2D eigenvalue weighted by Gasteiger charge is 2.16. The number of methoxy groups -OCH3 is 3. The van der Waals surface area contributed by atoms with E-state index in [4.69, 9.17) is 14.2 Å². The predicted octanol–water partition coefficient (Wildman–Crippen LogP) is 3.78. The summed E-state index contributed by atoms with van der Waals surface area (Å²) in [6, 6.07) is 14.8. The normalized spacial score (nSPS) is 10.4. The summed E-state index contributed by atoms with van der Waals surface area (Å²) >= 11 is 0. The monoisotopic (exact) mass is 338 g/mol. The summed E-state index contributed by atoms with van der Waals surface area (Å²) in [6.07, 6.45) is 0. The first-order chi connectivity index (χ1) is 12.2. The van der Waals surface area contributed by atoms with Crippen LogP contribution in [0.1, 0.15) is 10.5 Å². The van der Waals surface area contributed by atoms with Crippen LogP contribution in [0, 0.1) is 0 Å². The molecule has 3 aromatic rings. The fourth-order valence-corrected chi connectivity index (χ4v) is 2.59. The Hall–Kier alpha value is -3.28. The summed E-state index contributed by atoms with van der Waals surface area (Å²) in [6.45, 7) is 0. The maximum Gasteiger partial charge on any atom is 0.356 e. The van der Waals surface area contributed by atoms with Crippen LogP contribution >= 0.6 is 0 Å². The van der Waals surface area contributed by atoms with Crippen molar-refractivity contribution in [3.05, 3.63) is 54.2 Å². The van der Waals surface area contributed by atoms with Gasteiger partial charge in [-0.15, -0.1) is 0 Å². The lowest BCUT2D eigenvalue weighted by molar-refractivity contribution is 0.0594. The van der Waals surface area contributed by atoms with Crippen LogP contribution in [-0.4, -0.2) is 32.3 Å². The van der Waals surface area contributed by atoms with Crippen LogP contribution in [0.5, 0.6) is 11.5 Å². The van der Waals surface area contributed by atoms with Crippen molar-refractivity contribution in [1.29, 1.82) is 0 Å². The Morgan fingerprint density at radius 2 is 1.64 bits per heavy atom. The minimum absolute atomic E-state index is 0.192. The van der Waals surface area contributed by atoms with Gasteiger partial charge in [0.25, 0.3) is 0 Å². The molecule has 6 nitrogen and oxygen atoms in total. The number of ether oxygens (including phenoxy) is 3. The van der Waals surface area contributed by atoms with E-state index in [1.54, 1.807) is 26.4 Å². The number of nitrogens with one attached hydrogen (secondary N) is 1. The number of hydrogen-bond acceptors (Lipinski definition) is 6. The molecule has 0 spiro atoms. The molecule has 0 amide bonds. The number of esters is 1. The van der Waals surface area contributed by atoms with E-state index in [9.17, 15) is 4.79 Å². The zero-order valence-electron chi connectivity index (χ0n) is 14.2. The molecular formula is C19H18N2O4. The van der Waals surface area contributed by atoms with Gasteiger partial charge in [-0.25, -0.2) is 9.78 Å². The summed E-state index contributed by atoms with van der Waals surface area (Å²) in [4.78, 5) is 16.4. The van der Waals surface area contributed by atoms with E-state index in [-0.39, 0.29) is 5.69 Å². The molecule has 0 aliphatic rings. The van der Waals surface area contributed by atoms with Gasteiger partial charge in [0.2, 0.25) is 0 Å². The van der Waals surface area contributed by atoms with Crippen molar-refractivity contribution < 1.29 is 19.0 Å². The molecule has 0 unspecified atom stereocenters. The van der Waals surface area contributed by atoms with Gasteiger partial charge in [-0.2, -0.15) is 0 Å². The third kappa shape index (κ3) is 3.19. The zero-order chi connectivity index (χ0) is 17.8. The second kappa shape index (κ2) is 7.09. The van der Waals surface area contributed by atoms with Crippen LogP contribution in [-0.2, 0) is 4.74 Å². The van der Waals surface area contributed by atoms with Gasteiger partial charge in [0.1, 0.15) is 17.0 Å². The topological polar surface area (TPSA) is 69.7 Å². The molecule has 0 bridgehead atoms. The van der Waals surface area contributed by atoms with Crippen molar-refractivity contribution in [1.82, 2.24) is 4.98 Å². The average molecular weight is 338 g/mol. The van der Waals surface area contributed by atoms with Crippen LogP contribution < -0.4 is 14.8 Å². The van der Waals surface area contributed by atoms with Gasteiger partial charge in [-0.3, -0.25) is 0 Å². The summed E-state index contributed by atoms with van der Waals surface area (Å²) in [5, 5.41) is 4.13. The third-order valence-corrected chi connectivity index (χ3v) is 3.79. The van der Waals surface area contributed by atoms with Crippen molar-refractivity contribution in [3.8, 4) is 11.5 Å². The number of aromatic nitrogens is 1. The molecule has 2 aromatic carbocycles. The average Bonchev–Trinajstić information content (AvgIpc) is 2.67. The standard InChI is InChI=1S/C19H18N2O4/c1-23-16-9-5-4-8-13(16)20-14-11-15(19(22)25-3)21-18-12(14)7-6-10-17(18)24-2/h4-11H,1-3H3,(H,20,21). The summed E-state index contributed by atoms with van der Waals surface area (Å²) < 4.78 is 15.6. The summed E-state index contributed by atoms with van der Waals surface area (Å²) in [5.41, 5.74) is 2.24. The van der Waals surface area contributed by atoms with Crippen molar-refractivity contribution in [3.63, 3.8) is 0 Å². The fourth-order valence-electron chi connectivity index (χ4n) is 2.59. The Kier molecular flexibility index (Phi) is 4.70. The predicted molar refractivity (Wildman–Crippen MR) is 95.9 cm³/mol. The molecule has 1 N–H and O–H groups in total. The number of fused-ring (bicyclic) bond motifs is 1. The van der Waals surface area contributed by atoms with Crippen molar-refractivity contribution in [2.45, 2.75) is 0 Å². The Morgan fingerprint density at radius 3 is 2.36 bits per heavy atom. The maximum absolute atomic E-state index is 12.0. The lowest BCUT2D eigenvalue weighted by Crippen LogP contribution is -2.06. The van der Waals surface area contributed by atoms with E-state index in [2.05, 4.69) is 10.3 Å². The van der Waals surface area contributed by atoms with Gasteiger partial charge >= 0.3 is 5.97 Å². The van der Waals surface area contributed by atoms with Crippen molar-refractivity contribution in [2.24, 2.45) is 0 Å². The van der Waals surface area contributed by atoms with Crippen LogP contribution in [0.3, 0.4) is 0 Å². The Bertz CT molecular complexity index is 924.